The standard InChI is InChI=1S/C28H56ClIO9/c29-9-5-1-3-7-11-31-13-15-33-17-19-35-21-23-37-25-27-39-28-26-38-24-22-36-20-18-34-16-14-32-12-8-4-2-6-10-30/h1-28H2. The molecule has 0 radical (unpaired) electrons. The Hall–Kier alpha value is 0.660. The van der Waals surface area contributed by atoms with Gasteiger partial charge in [0.2, 0.25) is 0 Å². The van der Waals surface area contributed by atoms with E-state index in [0.29, 0.717) is 106 Å². The van der Waals surface area contributed by atoms with E-state index in [1.54, 1.807) is 0 Å². The number of hydrogen-bond acceptors (Lipinski definition) is 9. The van der Waals surface area contributed by atoms with Crippen LogP contribution in [0.2, 0.25) is 0 Å². The van der Waals surface area contributed by atoms with Gasteiger partial charge in [-0.05, 0) is 30.1 Å². The second-order valence-corrected chi connectivity index (χ2v) is 10.2. The lowest BCUT2D eigenvalue weighted by Crippen LogP contribution is -2.15. The van der Waals surface area contributed by atoms with Gasteiger partial charge in [0.15, 0.2) is 0 Å². The summed E-state index contributed by atoms with van der Waals surface area (Å²) in [7, 11) is 0. The van der Waals surface area contributed by atoms with E-state index in [0.717, 1.165) is 38.4 Å². The van der Waals surface area contributed by atoms with Crippen LogP contribution in [-0.4, -0.2) is 129 Å². The summed E-state index contributed by atoms with van der Waals surface area (Å²) in [5.74, 6) is 0.749. The molecule has 39 heavy (non-hydrogen) atoms. The summed E-state index contributed by atoms with van der Waals surface area (Å²) in [6, 6.07) is 0. The molecule has 0 heterocycles. The number of halogens is 2. The molecular weight excluding hydrogens is 643 g/mol. The molecule has 0 spiro atoms. The van der Waals surface area contributed by atoms with Gasteiger partial charge >= 0.3 is 0 Å². The molecular formula is C28H56ClIO9. The number of unbranched alkanes of at least 4 members (excludes halogenated alkanes) is 6. The average Bonchev–Trinajstić information content (AvgIpc) is 2.95. The summed E-state index contributed by atoms with van der Waals surface area (Å²) in [5, 5.41) is 0. The minimum absolute atomic E-state index is 0.537. The van der Waals surface area contributed by atoms with Crippen molar-refractivity contribution in [2.24, 2.45) is 0 Å². The van der Waals surface area contributed by atoms with Crippen molar-refractivity contribution in [1.29, 1.82) is 0 Å². The van der Waals surface area contributed by atoms with Gasteiger partial charge in [0, 0.05) is 19.1 Å². The van der Waals surface area contributed by atoms with Gasteiger partial charge in [0.05, 0.1) is 106 Å². The van der Waals surface area contributed by atoms with E-state index in [9.17, 15) is 0 Å². The van der Waals surface area contributed by atoms with Gasteiger partial charge in [-0.2, -0.15) is 0 Å². The Morgan fingerprint density at radius 2 is 0.513 bits per heavy atom. The molecule has 236 valence electrons. The molecule has 0 amide bonds. The maximum absolute atomic E-state index is 5.65. The summed E-state index contributed by atoms with van der Waals surface area (Å²) < 4.78 is 50.7. The van der Waals surface area contributed by atoms with Crippen LogP contribution in [0.5, 0.6) is 0 Å². The van der Waals surface area contributed by atoms with Gasteiger partial charge < -0.3 is 42.6 Å². The highest BCUT2D eigenvalue weighted by molar-refractivity contribution is 14.1. The fraction of sp³-hybridized carbons (Fsp3) is 1.00. The predicted octanol–water partition coefficient (Wildman–Crippen LogP) is 4.93. The third kappa shape index (κ3) is 38.7. The molecule has 0 aliphatic rings. The molecule has 11 heteroatoms. The van der Waals surface area contributed by atoms with Crippen molar-refractivity contribution >= 4 is 34.2 Å². The van der Waals surface area contributed by atoms with Crippen LogP contribution in [0, 0.1) is 0 Å². The Morgan fingerprint density at radius 1 is 0.282 bits per heavy atom. The Bertz CT molecular complexity index is 392. The van der Waals surface area contributed by atoms with Gasteiger partial charge in [-0.15, -0.1) is 11.6 Å². The average molecular weight is 699 g/mol. The van der Waals surface area contributed by atoms with Crippen molar-refractivity contribution in [3.05, 3.63) is 0 Å². The highest BCUT2D eigenvalue weighted by atomic mass is 127. The minimum Gasteiger partial charge on any atom is -0.379 e. The molecule has 0 saturated carbocycles. The first-order valence-corrected chi connectivity index (χ1v) is 16.8. The quantitative estimate of drug-likeness (QED) is 0.0514. The van der Waals surface area contributed by atoms with Gasteiger partial charge in [-0.1, -0.05) is 48.3 Å². The van der Waals surface area contributed by atoms with Crippen molar-refractivity contribution in [3.8, 4) is 0 Å². The number of rotatable bonds is 36. The highest BCUT2D eigenvalue weighted by Crippen LogP contribution is 2.02. The maximum Gasteiger partial charge on any atom is 0.0701 e. The molecule has 9 nitrogen and oxygen atoms in total. The Kier molecular flexibility index (Phi) is 39.3. The third-order valence-electron chi connectivity index (χ3n) is 5.32. The van der Waals surface area contributed by atoms with E-state index in [1.165, 1.54) is 36.5 Å². The van der Waals surface area contributed by atoms with Crippen molar-refractivity contribution in [2.75, 3.05) is 129 Å². The summed E-state index contributed by atoms with van der Waals surface area (Å²) in [4.78, 5) is 0. The third-order valence-corrected chi connectivity index (χ3v) is 6.35. The first kappa shape index (κ1) is 39.7. The Balaban J connectivity index is 3.01. The molecule has 0 fully saturated rings. The van der Waals surface area contributed by atoms with Gasteiger partial charge in [0.1, 0.15) is 0 Å². The second-order valence-electron chi connectivity index (χ2n) is 8.72. The molecule has 0 saturated heterocycles. The monoisotopic (exact) mass is 698 g/mol. The van der Waals surface area contributed by atoms with Crippen LogP contribution in [0.25, 0.3) is 0 Å². The topological polar surface area (TPSA) is 83.1 Å². The second kappa shape index (κ2) is 38.7. The predicted molar refractivity (Wildman–Crippen MR) is 164 cm³/mol. The van der Waals surface area contributed by atoms with Crippen LogP contribution < -0.4 is 0 Å². The molecule has 0 aromatic rings. The molecule has 0 atom stereocenters. The summed E-state index contributed by atoms with van der Waals surface area (Å²) in [6.07, 6.45) is 9.52. The molecule has 0 N–H and O–H groups in total. The molecule has 0 rings (SSSR count). The number of alkyl halides is 2. The van der Waals surface area contributed by atoms with Crippen LogP contribution in [0.3, 0.4) is 0 Å². The van der Waals surface area contributed by atoms with E-state index in [1.807, 2.05) is 0 Å². The summed E-state index contributed by atoms with van der Waals surface area (Å²) in [5.41, 5.74) is 0. The van der Waals surface area contributed by atoms with E-state index in [-0.39, 0.29) is 0 Å². The van der Waals surface area contributed by atoms with Crippen LogP contribution in [0.4, 0.5) is 0 Å². The van der Waals surface area contributed by atoms with E-state index in [4.69, 9.17) is 54.2 Å². The zero-order valence-electron chi connectivity index (χ0n) is 24.2. The molecule has 0 unspecified atom stereocenters. The maximum atomic E-state index is 5.65. The molecule has 0 aromatic heterocycles. The smallest absolute Gasteiger partial charge is 0.0701 e. The van der Waals surface area contributed by atoms with Crippen LogP contribution in [0.1, 0.15) is 51.4 Å². The summed E-state index contributed by atoms with van der Waals surface area (Å²) in [6.45, 7) is 10.7. The van der Waals surface area contributed by atoms with Crippen LogP contribution in [-0.2, 0) is 42.6 Å². The van der Waals surface area contributed by atoms with Crippen molar-refractivity contribution < 1.29 is 42.6 Å². The lowest BCUT2D eigenvalue weighted by atomic mass is 10.2. The Morgan fingerprint density at radius 3 is 0.769 bits per heavy atom. The molecule has 0 aliphatic carbocycles. The van der Waals surface area contributed by atoms with E-state index < -0.39 is 0 Å². The van der Waals surface area contributed by atoms with E-state index >= 15 is 0 Å². The van der Waals surface area contributed by atoms with Crippen molar-refractivity contribution in [2.45, 2.75) is 51.4 Å². The zero-order chi connectivity index (χ0) is 28.2. The molecule has 0 aromatic carbocycles. The molecule has 0 aliphatic heterocycles. The highest BCUT2D eigenvalue weighted by Gasteiger charge is 1.96. The Labute approximate surface area is 256 Å². The first-order valence-electron chi connectivity index (χ1n) is 14.7. The van der Waals surface area contributed by atoms with Gasteiger partial charge in [-0.25, -0.2) is 0 Å². The fourth-order valence-corrected chi connectivity index (χ4v) is 3.89. The van der Waals surface area contributed by atoms with E-state index in [2.05, 4.69) is 22.6 Å². The fourth-order valence-electron chi connectivity index (χ4n) is 3.17. The lowest BCUT2D eigenvalue weighted by Gasteiger charge is -2.09. The minimum atomic E-state index is 0.537. The van der Waals surface area contributed by atoms with Crippen molar-refractivity contribution in [1.82, 2.24) is 0 Å². The van der Waals surface area contributed by atoms with Crippen LogP contribution in [0.15, 0.2) is 0 Å². The first-order chi connectivity index (χ1) is 19.4. The molecule has 0 bridgehead atoms. The SMILES string of the molecule is ClCCCCCCOCCOCCOCCOCCOCCOCCOCCOCCOCCCCCCI. The lowest BCUT2D eigenvalue weighted by molar-refractivity contribution is -0.0250. The van der Waals surface area contributed by atoms with Crippen molar-refractivity contribution in [3.63, 3.8) is 0 Å². The largest absolute Gasteiger partial charge is 0.379 e. The number of hydrogen-bond donors (Lipinski definition) is 0. The summed E-state index contributed by atoms with van der Waals surface area (Å²) >= 11 is 8.07. The normalized spacial score (nSPS) is 11.5. The van der Waals surface area contributed by atoms with Gasteiger partial charge in [0.25, 0.3) is 0 Å². The number of ether oxygens (including phenoxy) is 9. The van der Waals surface area contributed by atoms with Gasteiger partial charge in [-0.3, -0.25) is 0 Å². The van der Waals surface area contributed by atoms with Crippen LogP contribution >= 0.6 is 34.2 Å². The zero-order valence-corrected chi connectivity index (χ0v) is 27.1.